The molecule has 0 aromatic heterocycles. The molecule has 0 unspecified atom stereocenters. The Morgan fingerprint density at radius 2 is 1.13 bits per heavy atom. The van der Waals surface area contributed by atoms with Gasteiger partial charge in [-0.05, 0) is 30.1 Å². The van der Waals surface area contributed by atoms with E-state index in [1.54, 1.807) is 0 Å². The molecule has 0 fully saturated rings. The highest BCUT2D eigenvalue weighted by Crippen LogP contribution is 2.26. The lowest BCUT2D eigenvalue weighted by molar-refractivity contribution is 0.215. The fourth-order valence-electron chi connectivity index (χ4n) is 2.46. The van der Waals surface area contributed by atoms with Gasteiger partial charge in [-0.25, -0.2) is 0 Å². The highest BCUT2D eigenvalue weighted by atomic mass is 32.2. The zero-order chi connectivity index (χ0) is 15.7. The van der Waals surface area contributed by atoms with Gasteiger partial charge < -0.3 is 9.47 Å². The Morgan fingerprint density at radius 1 is 0.652 bits per heavy atom. The summed E-state index contributed by atoms with van der Waals surface area (Å²) in [5.74, 6) is 6.39. The number of benzene rings is 2. The summed E-state index contributed by atoms with van der Waals surface area (Å²) >= 11 is 3.98. The van der Waals surface area contributed by atoms with Crippen LogP contribution in [0.5, 0.6) is 11.5 Å². The van der Waals surface area contributed by atoms with Gasteiger partial charge in [0.25, 0.3) is 0 Å². The van der Waals surface area contributed by atoms with Crippen LogP contribution in [-0.2, 0) is 11.5 Å². The topological polar surface area (TPSA) is 18.5 Å². The van der Waals surface area contributed by atoms with Crippen LogP contribution in [-0.4, -0.2) is 24.7 Å². The highest BCUT2D eigenvalue weighted by molar-refractivity contribution is 7.99. The number of rotatable bonds is 0. The molecule has 0 N–H and O–H groups in total. The predicted octanol–water partition coefficient (Wildman–Crippen LogP) is 5.01. The van der Waals surface area contributed by atoms with E-state index in [0.29, 0.717) is 13.2 Å². The monoisotopic (exact) mass is 346 g/mol. The van der Waals surface area contributed by atoms with E-state index < -0.39 is 0 Å². The molecule has 0 aliphatic carbocycles. The van der Waals surface area contributed by atoms with Crippen LogP contribution in [0.15, 0.2) is 48.5 Å². The third-order valence-electron chi connectivity index (χ3n) is 3.64. The summed E-state index contributed by atoms with van der Waals surface area (Å²) in [6.07, 6.45) is 1.24. The molecule has 0 spiro atoms. The van der Waals surface area contributed by atoms with E-state index >= 15 is 0 Å². The zero-order valence-corrected chi connectivity index (χ0v) is 14.8. The van der Waals surface area contributed by atoms with Crippen molar-refractivity contribution in [2.45, 2.75) is 17.9 Å². The average Bonchev–Trinajstić information content (AvgIpc) is 2.60. The Bertz CT molecular complexity index is 562. The lowest BCUT2D eigenvalue weighted by Gasteiger charge is -2.13. The van der Waals surface area contributed by atoms with Gasteiger partial charge in [0.05, 0.1) is 0 Å². The number of hydrogen-bond donors (Lipinski definition) is 0. The number of fused-ring (bicyclic) bond motifs is 2. The first-order chi connectivity index (χ1) is 11.4. The minimum Gasteiger partial charge on any atom is -0.490 e. The number of hydrogen-bond acceptors (Lipinski definition) is 4. The summed E-state index contributed by atoms with van der Waals surface area (Å²) in [6.45, 7) is 1.15. The van der Waals surface area contributed by atoms with Gasteiger partial charge >= 0.3 is 0 Å². The minimum absolute atomic E-state index is 0.573. The van der Waals surface area contributed by atoms with Crippen molar-refractivity contribution in [3.05, 3.63) is 59.7 Å². The van der Waals surface area contributed by atoms with Gasteiger partial charge in [0, 0.05) is 22.6 Å². The summed E-state index contributed by atoms with van der Waals surface area (Å²) in [7, 11) is 0. The molecule has 2 aromatic carbocycles. The largest absolute Gasteiger partial charge is 0.490 e. The second kappa shape index (κ2) is 9.14. The SMILES string of the molecule is c1ccc2c(c1)CSCCCSCc1ccccc1OCCO2. The molecule has 1 heterocycles. The van der Waals surface area contributed by atoms with Crippen LogP contribution < -0.4 is 9.47 Å². The van der Waals surface area contributed by atoms with Crippen LogP contribution in [0.2, 0.25) is 0 Å². The van der Waals surface area contributed by atoms with Gasteiger partial charge in [0.15, 0.2) is 0 Å². The molecule has 0 saturated carbocycles. The Hall–Kier alpha value is -1.26. The van der Waals surface area contributed by atoms with Crippen molar-refractivity contribution in [1.82, 2.24) is 0 Å². The van der Waals surface area contributed by atoms with E-state index in [2.05, 4.69) is 36.4 Å². The van der Waals surface area contributed by atoms with Crippen molar-refractivity contribution in [1.29, 1.82) is 0 Å². The van der Waals surface area contributed by atoms with Gasteiger partial charge in [-0.15, -0.1) is 0 Å². The molecule has 1 aliphatic heterocycles. The zero-order valence-electron chi connectivity index (χ0n) is 13.2. The van der Waals surface area contributed by atoms with Crippen LogP contribution in [0.4, 0.5) is 0 Å². The molecule has 2 nitrogen and oxygen atoms in total. The second-order valence-electron chi connectivity index (χ2n) is 5.37. The van der Waals surface area contributed by atoms with Gasteiger partial charge in [-0.1, -0.05) is 36.4 Å². The van der Waals surface area contributed by atoms with Crippen molar-refractivity contribution >= 4 is 23.5 Å². The van der Waals surface area contributed by atoms with Crippen molar-refractivity contribution in [2.75, 3.05) is 24.7 Å². The van der Waals surface area contributed by atoms with Gasteiger partial charge in [-0.2, -0.15) is 23.5 Å². The van der Waals surface area contributed by atoms with Crippen molar-refractivity contribution in [3.63, 3.8) is 0 Å². The van der Waals surface area contributed by atoms with E-state index in [1.165, 1.54) is 29.1 Å². The van der Waals surface area contributed by atoms with Crippen molar-refractivity contribution in [3.8, 4) is 11.5 Å². The molecule has 0 radical (unpaired) electrons. The van der Waals surface area contributed by atoms with Crippen LogP contribution in [0.3, 0.4) is 0 Å². The number of ether oxygens (including phenoxy) is 2. The number of thioether (sulfide) groups is 2. The number of para-hydroxylation sites is 2. The predicted molar refractivity (Wildman–Crippen MR) is 101 cm³/mol. The summed E-state index contributed by atoms with van der Waals surface area (Å²) in [6, 6.07) is 16.7. The first kappa shape index (κ1) is 16.6. The molecule has 0 saturated heterocycles. The lowest BCUT2D eigenvalue weighted by atomic mass is 10.2. The van der Waals surface area contributed by atoms with E-state index in [9.17, 15) is 0 Å². The fraction of sp³-hybridized carbons (Fsp3) is 0.368. The average molecular weight is 347 g/mol. The maximum absolute atomic E-state index is 5.94. The van der Waals surface area contributed by atoms with Crippen molar-refractivity contribution < 1.29 is 9.47 Å². The Kier molecular flexibility index (Phi) is 6.59. The standard InChI is InChI=1S/C19H22O2S2/c1-3-8-18-16(6-1)14-22-12-5-13-23-15-17-7-2-4-9-19(17)21-11-10-20-18/h1-4,6-9H,5,10-15H2. The molecule has 1 aliphatic rings. The molecule has 0 amide bonds. The second-order valence-corrected chi connectivity index (χ2v) is 7.58. The maximum atomic E-state index is 5.94. The van der Waals surface area contributed by atoms with Crippen LogP contribution >= 0.6 is 23.5 Å². The first-order valence-corrected chi connectivity index (χ1v) is 10.3. The minimum atomic E-state index is 0.573. The molecule has 0 atom stereocenters. The summed E-state index contributed by atoms with van der Waals surface area (Å²) in [4.78, 5) is 0. The lowest BCUT2D eigenvalue weighted by Crippen LogP contribution is -2.10. The third-order valence-corrected chi connectivity index (χ3v) is 5.82. The van der Waals surface area contributed by atoms with E-state index in [-0.39, 0.29) is 0 Å². The van der Waals surface area contributed by atoms with E-state index in [4.69, 9.17) is 9.47 Å². The highest BCUT2D eigenvalue weighted by Gasteiger charge is 2.07. The molecule has 3 rings (SSSR count). The van der Waals surface area contributed by atoms with E-state index in [0.717, 1.165) is 23.0 Å². The molecule has 0 bridgehead atoms. The molecular formula is C19H22O2S2. The summed E-state index contributed by atoms with van der Waals surface area (Å²) < 4.78 is 11.9. The van der Waals surface area contributed by atoms with Crippen LogP contribution in [0.1, 0.15) is 17.5 Å². The Balaban J connectivity index is 1.68. The first-order valence-electron chi connectivity index (χ1n) is 8.00. The van der Waals surface area contributed by atoms with Crippen LogP contribution in [0, 0.1) is 0 Å². The Labute approximate surface area is 147 Å². The van der Waals surface area contributed by atoms with Gasteiger partial charge in [0.1, 0.15) is 24.7 Å². The van der Waals surface area contributed by atoms with Gasteiger partial charge in [-0.3, -0.25) is 0 Å². The quantitative estimate of drug-likeness (QED) is 0.667. The van der Waals surface area contributed by atoms with E-state index in [1.807, 2.05) is 35.7 Å². The smallest absolute Gasteiger partial charge is 0.123 e. The molecule has 122 valence electrons. The molecule has 2 aromatic rings. The molecule has 4 heteroatoms. The van der Waals surface area contributed by atoms with Gasteiger partial charge in [0.2, 0.25) is 0 Å². The summed E-state index contributed by atoms with van der Waals surface area (Å²) in [5, 5.41) is 0. The summed E-state index contributed by atoms with van der Waals surface area (Å²) in [5.41, 5.74) is 2.56. The molecular weight excluding hydrogens is 324 g/mol. The van der Waals surface area contributed by atoms with Crippen molar-refractivity contribution in [2.24, 2.45) is 0 Å². The Morgan fingerprint density at radius 3 is 1.65 bits per heavy atom. The normalized spacial score (nSPS) is 16.7. The fourth-order valence-corrected chi connectivity index (χ4v) is 4.54. The van der Waals surface area contributed by atoms with Crippen LogP contribution in [0.25, 0.3) is 0 Å². The maximum Gasteiger partial charge on any atom is 0.123 e. The molecule has 23 heavy (non-hydrogen) atoms. The third kappa shape index (κ3) is 5.11.